The van der Waals surface area contributed by atoms with Crippen LogP contribution in [0.3, 0.4) is 0 Å². The summed E-state index contributed by atoms with van der Waals surface area (Å²) in [5.74, 6) is 0.690. The van der Waals surface area contributed by atoms with Gasteiger partial charge in [-0.3, -0.25) is 0 Å². The smallest absolute Gasteiger partial charge is 0.333 e. The summed E-state index contributed by atoms with van der Waals surface area (Å²) in [5.41, 5.74) is 6.83. The summed E-state index contributed by atoms with van der Waals surface area (Å²) >= 11 is 0. The van der Waals surface area contributed by atoms with Gasteiger partial charge in [0, 0.05) is 13.0 Å². The van der Waals surface area contributed by atoms with E-state index in [4.69, 9.17) is 14.2 Å². The predicted octanol–water partition coefficient (Wildman–Crippen LogP) is 6.39. The molecule has 0 fully saturated rings. The monoisotopic (exact) mass is 472 g/mol. The average molecular weight is 473 g/mol. The molecule has 3 aromatic rings. The van der Waals surface area contributed by atoms with Crippen LogP contribution < -0.4 is 9.47 Å². The number of benzene rings is 3. The van der Waals surface area contributed by atoms with Crippen molar-refractivity contribution in [2.45, 2.75) is 39.2 Å². The first-order chi connectivity index (χ1) is 17.1. The van der Waals surface area contributed by atoms with Crippen molar-refractivity contribution in [2.75, 3.05) is 19.8 Å². The third kappa shape index (κ3) is 5.92. The van der Waals surface area contributed by atoms with Crippen molar-refractivity contribution < 1.29 is 24.1 Å². The van der Waals surface area contributed by atoms with E-state index in [1.165, 1.54) is 22.3 Å². The van der Waals surface area contributed by atoms with E-state index in [1.807, 2.05) is 30.3 Å². The Hall–Kier alpha value is -3.57. The average Bonchev–Trinajstić information content (AvgIpc) is 3.18. The van der Waals surface area contributed by atoms with Gasteiger partial charge in [-0.1, -0.05) is 55.8 Å². The highest BCUT2D eigenvalue weighted by Gasteiger charge is 2.23. The summed E-state index contributed by atoms with van der Waals surface area (Å²) in [4.78, 5) is 11.3. The molecule has 0 radical (unpaired) electrons. The molecule has 0 saturated carbocycles. The first kappa shape index (κ1) is 24.6. The zero-order valence-electron chi connectivity index (χ0n) is 20.3. The van der Waals surface area contributed by atoms with E-state index in [0.717, 1.165) is 42.1 Å². The maximum Gasteiger partial charge on any atom is 0.333 e. The van der Waals surface area contributed by atoms with Gasteiger partial charge in [0.2, 0.25) is 0 Å². The minimum absolute atomic E-state index is 0.325. The van der Waals surface area contributed by atoms with E-state index < -0.39 is 12.1 Å². The molecule has 1 atom stereocenters. The number of carboxylic acid groups (broad SMARTS) is 1. The molecule has 0 amide bonds. The van der Waals surface area contributed by atoms with E-state index in [0.29, 0.717) is 19.6 Å². The van der Waals surface area contributed by atoms with Crippen LogP contribution in [0.1, 0.15) is 43.4 Å². The van der Waals surface area contributed by atoms with Crippen LogP contribution in [0.15, 0.2) is 72.8 Å². The Balaban J connectivity index is 1.45. The van der Waals surface area contributed by atoms with E-state index >= 15 is 0 Å². The molecular formula is C30H32O5. The summed E-state index contributed by atoms with van der Waals surface area (Å²) < 4.78 is 17.2. The van der Waals surface area contributed by atoms with Gasteiger partial charge in [0.25, 0.3) is 0 Å². The first-order valence-electron chi connectivity index (χ1n) is 12.2. The topological polar surface area (TPSA) is 65.0 Å². The Morgan fingerprint density at radius 3 is 2.31 bits per heavy atom. The SMILES string of the molecule is CCCCOc1ccc2c(c1)-c1ccccc1/C2=C/COc1ccc(CC(OCC)C(=O)O)cc1. The summed E-state index contributed by atoms with van der Waals surface area (Å²) in [6.45, 7) is 5.48. The van der Waals surface area contributed by atoms with Crippen molar-refractivity contribution >= 4 is 11.5 Å². The summed E-state index contributed by atoms with van der Waals surface area (Å²) in [6.07, 6.45) is 3.76. The molecule has 0 bridgehead atoms. The minimum Gasteiger partial charge on any atom is -0.494 e. The second-order valence-electron chi connectivity index (χ2n) is 8.51. The van der Waals surface area contributed by atoms with Gasteiger partial charge in [-0.2, -0.15) is 0 Å². The quantitative estimate of drug-likeness (QED) is 0.242. The van der Waals surface area contributed by atoms with Crippen LogP contribution in [0, 0.1) is 0 Å². The molecule has 1 aliphatic carbocycles. The van der Waals surface area contributed by atoms with Gasteiger partial charge in [-0.15, -0.1) is 0 Å². The van der Waals surface area contributed by atoms with Crippen molar-refractivity contribution in [3.8, 4) is 22.6 Å². The lowest BCUT2D eigenvalue weighted by molar-refractivity contribution is -0.149. The van der Waals surface area contributed by atoms with Crippen LogP contribution in [-0.4, -0.2) is 37.0 Å². The van der Waals surface area contributed by atoms with E-state index in [-0.39, 0.29) is 0 Å². The third-order valence-corrected chi connectivity index (χ3v) is 6.08. The molecule has 5 heteroatoms. The van der Waals surface area contributed by atoms with Gasteiger partial charge in [-0.25, -0.2) is 4.79 Å². The van der Waals surface area contributed by atoms with Crippen LogP contribution in [0.2, 0.25) is 0 Å². The zero-order valence-corrected chi connectivity index (χ0v) is 20.3. The molecule has 35 heavy (non-hydrogen) atoms. The standard InChI is InChI=1S/C30H32O5/c1-3-5-17-34-23-14-15-26-27(24-8-6-7-9-25(24)28(26)20-23)16-18-35-22-12-10-21(11-13-22)19-29(30(31)32)33-4-2/h6-16,20,29H,3-5,17-19H2,1-2H3,(H,31,32)/b27-16-. The number of unbranched alkanes of at least 4 members (excludes halogenated alkanes) is 1. The Morgan fingerprint density at radius 2 is 1.60 bits per heavy atom. The van der Waals surface area contributed by atoms with Crippen LogP contribution >= 0.6 is 0 Å². The zero-order chi connectivity index (χ0) is 24.6. The highest BCUT2D eigenvalue weighted by Crippen LogP contribution is 2.45. The number of hydrogen-bond acceptors (Lipinski definition) is 4. The Morgan fingerprint density at radius 1 is 0.886 bits per heavy atom. The molecule has 0 aromatic heterocycles. The van der Waals surface area contributed by atoms with E-state index in [9.17, 15) is 9.90 Å². The fraction of sp³-hybridized carbons (Fsp3) is 0.300. The fourth-order valence-corrected chi connectivity index (χ4v) is 4.30. The number of hydrogen-bond donors (Lipinski definition) is 1. The highest BCUT2D eigenvalue weighted by molar-refractivity contribution is 6.01. The molecule has 0 aliphatic heterocycles. The minimum atomic E-state index is -0.949. The Labute approximate surface area is 207 Å². The largest absolute Gasteiger partial charge is 0.494 e. The molecule has 1 unspecified atom stereocenters. The predicted molar refractivity (Wildman–Crippen MR) is 138 cm³/mol. The number of ether oxygens (including phenoxy) is 3. The second kappa shape index (κ2) is 11.7. The lowest BCUT2D eigenvalue weighted by Crippen LogP contribution is -2.26. The van der Waals surface area contributed by atoms with Crippen molar-refractivity contribution in [3.63, 3.8) is 0 Å². The molecule has 4 rings (SSSR count). The molecule has 1 N–H and O–H groups in total. The highest BCUT2D eigenvalue weighted by atomic mass is 16.5. The molecule has 5 nitrogen and oxygen atoms in total. The summed E-state index contributed by atoms with van der Waals surface area (Å²) in [6, 6.07) is 22.2. The van der Waals surface area contributed by atoms with Crippen LogP contribution in [0.4, 0.5) is 0 Å². The lowest BCUT2D eigenvalue weighted by Gasteiger charge is -2.12. The molecule has 3 aromatic carbocycles. The van der Waals surface area contributed by atoms with Gasteiger partial charge in [0.1, 0.15) is 18.1 Å². The molecule has 0 heterocycles. The molecule has 1 aliphatic rings. The molecule has 0 saturated heterocycles. The molecule has 182 valence electrons. The van der Waals surface area contributed by atoms with Crippen LogP contribution in [0.25, 0.3) is 16.7 Å². The molecule has 0 spiro atoms. The number of rotatable bonds is 12. The molecular weight excluding hydrogens is 440 g/mol. The van der Waals surface area contributed by atoms with Crippen molar-refractivity contribution in [1.29, 1.82) is 0 Å². The van der Waals surface area contributed by atoms with Crippen molar-refractivity contribution in [3.05, 3.63) is 89.5 Å². The van der Waals surface area contributed by atoms with Crippen molar-refractivity contribution in [2.24, 2.45) is 0 Å². The number of fused-ring (bicyclic) bond motifs is 3. The Bertz CT molecular complexity index is 1180. The normalized spacial score (nSPS) is 13.8. The summed E-state index contributed by atoms with van der Waals surface area (Å²) in [7, 11) is 0. The third-order valence-electron chi connectivity index (χ3n) is 6.08. The second-order valence-corrected chi connectivity index (χ2v) is 8.51. The number of carbonyl (C=O) groups is 1. The van der Waals surface area contributed by atoms with Crippen LogP contribution in [0.5, 0.6) is 11.5 Å². The van der Waals surface area contributed by atoms with Gasteiger partial charge in [0.05, 0.1) is 6.61 Å². The Kier molecular flexibility index (Phi) is 8.22. The van der Waals surface area contributed by atoms with Crippen molar-refractivity contribution in [1.82, 2.24) is 0 Å². The lowest BCUT2D eigenvalue weighted by atomic mass is 10.0. The number of carboxylic acids is 1. The maximum atomic E-state index is 11.3. The van der Waals surface area contributed by atoms with Crippen LogP contribution in [-0.2, 0) is 16.0 Å². The summed E-state index contributed by atoms with van der Waals surface area (Å²) in [5, 5.41) is 9.28. The van der Waals surface area contributed by atoms with Gasteiger partial charge in [0.15, 0.2) is 6.10 Å². The first-order valence-corrected chi connectivity index (χ1v) is 12.2. The van der Waals surface area contributed by atoms with Gasteiger partial charge in [-0.05, 0) is 77.1 Å². The fourth-order valence-electron chi connectivity index (χ4n) is 4.30. The van der Waals surface area contributed by atoms with E-state index in [2.05, 4.69) is 49.4 Å². The maximum absolute atomic E-state index is 11.3. The van der Waals surface area contributed by atoms with Gasteiger partial charge < -0.3 is 19.3 Å². The van der Waals surface area contributed by atoms with E-state index in [1.54, 1.807) is 6.92 Å². The van der Waals surface area contributed by atoms with Gasteiger partial charge >= 0.3 is 5.97 Å². The number of aliphatic carboxylic acids is 1.